The molecule has 4 fully saturated rings. The zero-order valence-electron chi connectivity index (χ0n) is 11.1. The van der Waals surface area contributed by atoms with Crippen LogP contribution in [0.3, 0.4) is 0 Å². The maximum Gasteiger partial charge on any atom is 0.251 e. The summed E-state index contributed by atoms with van der Waals surface area (Å²) >= 11 is 4.63. The SMILES string of the molecule is O=S(=O)(NC12CC3CC(CC(C3)C1)C2)c1sccc1Br. The van der Waals surface area contributed by atoms with Gasteiger partial charge in [-0.2, -0.15) is 0 Å². The molecule has 5 rings (SSSR count). The largest absolute Gasteiger partial charge is 0.251 e. The van der Waals surface area contributed by atoms with Gasteiger partial charge in [-0.1, -0.05) is 0 Å². The molecule has 110 valence electrons. The molecule has 0 aromatic carbocycles. The molecule has 1 aromatic heterocycles. The Balaban J connectivity index is 1.64. The highest BCUT2D eigenvalue weighted by molar-refractivity contribution is 9.10. The summed E-state index contributed by atoms with van der Waals surface area (Å²) < 4.78 is 29.5. The summed E-state index contributed by atoms with van der Waals surface area (Å²) in [5.41, 5.74) is -0.156. The predicted octanol–water partition coefficient (Wildman–Crippen LogP) is 3.76. The second-order valence-electron chi connectivity index (χ2n) is 6.86. The quantitative estimate of drug-likeness (QED) is 0.873. The van der Waals surface area contributed by atoms with Gasteiger partial charge in [0.05, 0.1) is 0 Å². The van der Waals surface area contributed by atoms with Crippen LogP contribution in [0.25, 0.3) is 0 Å². The van der Waals surface area contributed by atoms with Crippen molar-refractivity contribution in [2.75, 3.05) is 0 Å². The second-order valence-corrected chi connectivity index (χ2v) is 10.5. The van der Waals surface area contributed by atoms with Crippen molar-refractivity contribution in [2.24, 2.45) is 17.8 Å². The topological polar surface area (TPSA) is 46.2 Å². The first-order chi connectivity index (χ1) is 9.46. The highest BCUT2D eigenvalue weighted by Crippen LogP contribution is 2.56. The highest BCUT2D eigenvalue weighted by Gasteiger charge is 2.52. The maximum atomic E-state index is 12.7. The minimum Gasteiger partial charge on any atom is -0.206 e. The molecular weight excluding hydrogens is 358 g/mol. The molecule has 1 N–H and O–H groups in total. The van der Waals surface area contributed by atoms with E-state index in [1.165, 1.54) is 30.6 Å². The normalized spacial score (nSPS) is 39.4. The minimum atomic E-state index is -3.39. The molecule has 0 radical (unpaired) electrons. The number of halogens is 1. The molecule has 0 atom stereocenters. The van der Waals surface area contributed by atoms with Gasteiger partial charge >= 0.3 is 0 Å². The van der Waals surface area contributed by atoms with Crippen molar-refractivity contribution in [3.05, 3.63) is 15.9 Å². The first kappa shape index (κ1) is 13.7. The lowest BCUT2D eigenvalue weighted by molar-refractivity contribution is -0.00808. The van der Waals surface area contributed by atoms with E-state index >= 15 is 0 Å². The standard InChI is InChI=1S/C14H18BrNO2S2/c15-12-1-2-19-13(12)20(17,18)16-14-6-9-3-10(7-14)5-11(4-9)8-14/h1-2,9-11,16H,3-8H2. The molecule has 1 heterocycles. The van der Waals surface area contributed by atoms with Gasteiger partial charge in [-0.25, -0.2) is 13.1 Å². The summed E-state index contributed by atoms with van der Waals surface area (Å²) in [4.78, 5) is 0. The third-order valence-electron chi connectivity index (χ3n) is 5.22. The van der Waals surface area contributed by atoms with Crippen molar-refractivity contribution < 1.29 is 8.42 Å². The number of sulfonamides is 1. The van der Waals surface area contributed by atoms with Crippen LogP contribution in [0.15, 0.2) is 20.1 Å². The van der Waals surface area contributed by atoms with E-state index in [0.717, 1.165) is 37.0 Å². The van der Waals surface area contributed by atoms with Crippen LogP contribution in [0.1, 0.15) is 38.5 Å². The van der Waals surface area contributed by atoms with E-state index in [-0.39, 0.29) is 5.54 Å². The summed E-state index contributed by atoms with van der Waals surface area (Å²) in [6.45, 7) is 0. The summed E-state index contributed by atoms with van der Waals surface area (Å²) in [5.74, 6) is 2.24. The first-order valence-electron chi connectivity index (χ1n) is 7.23. The van der Waals surface area contributed by atoms with Crippen molar-refractivity contribution in [1.29, 1.82) is 0 Å². The van der Waals surface area contributed by atoms with Gasteiger partial charge in [-0.05, 0) is 83.7 Å². The van der Waals surface area contributed by atoms with Gasteiger partial charge in [-0.15, -0.1) is 11.3 Å². The van der Waals surface area contributed by atoms with E-state index in [4.69, 9.17) is 0 Å². The lowest BCUT2D eigenvalue weighted by atomic mass is 9.53. The van der Waals surface area contributed by atoms with Crippen molar-refractivity contribution in [2.45, 2.75) is 48.3 Å². The molecular formula is C14H18BrNO2S2. The van der Waals surface area contributed by atoms with E-state index in [2.05, 4.69) is 20.7 Å². The van der Waals surface area contributed by atoms with Gasteiger partial charge in [0.15, 0.2) is 0 Å². The molecule has 0 aliphatic heterocycles. The Hall–Kier alpha value is 0.0900. The van der Waals surface area contributed by atoms with Gasteiger partial charge in [-0.3, -0.25) is 0 Å². The zero-order valence-corrected chi connectivity index (χ0v) is 14.4. The van der Waals surface area contributed by atoms with Gasteiger partial charge in [0.1, 0.15) is 4.21 Å². The lowest BCUT2D eigenvalue weighted by Gasteiger charge is -2.56. The maximum absolute atomic E-state index is 12.7. The van der Waals surface area contributed by atoms with Crippen LogP contribution in [0.5, 0.6) is 0 Å². The molecule has 0 amide bonds. The van der Waals surface area contributed by atoms with Crippen molar-refractivity contribution in [3.8, 4) is 0 Å². The third kappa shape index (κ3) is 2.19. The number of hydrogen-bond acceptors (Lipinski definition) is 3. The molecule has 0 saturated heterocycles. The van der Waals surface area contributed by atoms with Crippen LogP contribution in [0.2, 0.25) is 0 Å². The van der Waals surface area contributed by atoms with Crippen molar-refractivity contribution in [3.63, 3.8) is 0 Å². The fraction of sp³-hybridized carbons (Fsp3) is 0.714. The molecule has 4 aliphatic rings. The van der Waals surface area contributed by atoms with Crippen LogP contribution >= 0.6 is 27.3 Å². The first-order valence-corrected chi connectivity index (χ1v) is 10.4. The smallest absolute Gasteiger partial charge is 0.206 e. The zero-order chi connectivity index (χ0) is 14.0. The van der Waals surface area contributed by atoms with Crippen LogP contribution < -0.4 is 4.72 Å². The summed E-state index contributed by atoms with van der Waals surface area (Å²) in [6, 6.07) is 1.80. The Morgan fingerprint density at radius 1 is 1.15 bits per heavy atom. The molecule has 0 spiro atoms. The number of nitrogens with one attached hydrogen (secondary N) is 1. The molecule has 4 saturated carbocycles. The van der Waals surface area contributed by atoms with Crippen LogP contribution in [-0.4, -0.2) is 14.0 Å². The Bertz CT molecular complexity index is 602. The van der Waals surface area contributed by atoms with E-state index in [9.17, 15) is 8.42 Å². The van der Waals surface area contributed by atoms with E-state index < -0.39 is 10.0 Å². The van der Waals surface area contributed by atoms with Gasteiger partial charge in [0, 0.05) is 10.0 Å². The summed E-state index contributed by atoms with van der Waals surface area (Å²) in [6.07, 6.45) is 7.10. The summed E-state index contributed by atoms with van der Waals surface area (Å²) in [5, 5.41) is 1.82. The molecule has 4 aliphatic carbocycles. The van der Waals surface area contributed by atoms with Gasteiger partial charge in [0.2, 0.25) is 0 Å². The average molecular weight is 376 g/mol. The average Bonchev–Trinajstić information content (AvgIpc) is 2.72. The van der Waals surface area contributed by atoms with Gasteiger partial charge in [0.25, 0.3) is 10.0 Å². The monoisotopic (exact) mass is 375 g/mol. The van der Waals surface area contributed by atoms with Crippen molar-refractivity contribution in [1.82, 2.24) is 4.72 Å². The molecule has 4 bridgehead atoms. The molecule has 1 aromatic rings. The minimum absolute atomic E-state index is 0.156. The predicted molar refractivity (Wildman–Crippen MR) is 83.2 cm³/mol. The fourth-order valence-corrected chi connectivity index (χ4v) is 8.81. The Kier molecular flexibility index (Phi) is 3.12. The third-order valence-corrected chi connectivity index (χ3v) is 9.47. The fourth-order valence-electron chi connectivity index (χ4n) is 5.04. The Morgan fingerprint density at radius 2 is 1.70 bits per heavy atom. The summed E-state index contributed by atoms with van der Waals surface area (Å²) in [7, 11) is -3.39. The van der Waals surface area contributed by atoms with E-state index in [1.54, 1.807) is 6.07 Å². The van der Waals surface area contributed by atoms with Crippen LogP contribution in [0, 0.1) is 17.8 Å². The Labute approximate surface area is 132 Å². The second kappa shape index (κ2) is 4.54. The van der Waals surface area contributed by atoms with Gasteiger partial charge < -0.3 is 0 Å². The molecule has 6 heteroatoms. The lowest BCUT2D eigenvalue weighted by Crippen LogP contribution is -2.59. The molecule has 3 nitrogen and oxygen atoms in total. The highest BCUT2D eigenvalue weighted by atomic mass is 79.9. The van der Waals surface area contributed by atoms with Crippen molar-refractivity contribution >= 4 is 37.3 Å². The van der Waals surface area contributed by atoms with Crippen LogP contribution in [-0.2, 0) is 10.0 Å². The number of rotatable bonds is 3. The molecule has 20 heavy (non-hydrogen) atoms. The van der Waals surface area contributed by atoms with E-state index in [0.29, 0.717) is 8.68 Å². The molecule has 0 unspecified atom stereocenters. The van der Waals surface area contributed by atoms with Crippen LogP contribution in [0.4, 0.5) is 0 Å². The number of thiophene rings is 1. The van der Waals surface area contributed by atoms with E-state index in [1.807, 2.05) is 5.38 Å². The number of hydrogen-bond donors (Lipinski definition) is 1. The Morgan fingerprint density at radius 3 is 2.15 bits per heavy atom.